The van der Waals surface area contributed by atoms with Crippen molar-refractivity contribution in [3.63, 3.8) is 0 Å². The van der Waals surface area contributed by atoms with Crippen LogP contribution >= 0.6 is 0 Å². The molecule has 0 radical (unpaired) electrons. The fourth-order valence-corrected chi connectivity index (χ4v) is 1.49. The van der Waals surface area contributed by atoms with Gasteiger partial charge in [-0.25, -0.2) is 0 Å². The summed E-state index contributed by atoms with van der Waals surface area (Å²) in [6, 6.07) is 10.8. The van der Waals surface area contributed by atoms with Crippen molar-refractivity contribution in [2.45, 2.75) is 39.5 Å². The zero-order valence-corrected chi connectivity index (χ0v) is 9.73. The van der Waals surface area contributed by atoms with E-state index in [1.165, 1.54) is 18.4 Å². The van der Waals surface area contributed by atoms with Gasteiger partial charge in [0, 0.05) is 6.92 Å². The largest absolute Gasteiger partial charge is 0.481 e. The lowest BCUT2D eigenvalue weighted by Crippen LogP contribution is -1.93. The maximum atomic E-state index is 9.00. The van der Waals surface area contributed by atoms with Crippen molar-refractivity contribution >= 4 is 5.97 Å². The molecule has 1 rings (SSSR count). The first-order chi connectivity index (χ1) is 7.11. The molecular formula is C13H20O2. The summed E-state index contributed by atoms with van der Waals surface area (Å²) in [5, 5.41) is 7.42. The molecule has 0 aromatic heterocycles. The molecule has 15 heavy (non-hydrogen) atoms. The third kappa shape index (κ3) is 6.72. The summed E-state index contributed by atoms with van der Waals surface area (Å²) in [5.74, 6) is -0.0730. The van der Waals surface area contributed by atoms with E-state index in [0.717, 1.165) is 12.8 Å². The Morgan fingerprint density at radius 1 is 1.20 bits per heavy atom. The van der Waals surface area contributed by atoms with E-state index in [9.17, 15) is 0 Å². The molecular weight excluding hydrogens is 188 g/mol. The summed E-state index contributed by atoms with van der Waals surface area (Å²) in [7, 11) is 0. The van der Waals surface area contributed by atoms with E-state index in [-0.39, 0.29) is 0 Å². The van der Waals surface area contributed by atoms with Gasteiger partial charge >= 0.3 is 0 Å². The van der Waals surface area contributed by atoms with Crippen LogP contribution in [0, 0.1) is 0 Å². The number of aliphatic carboxylic acids is 1. The Balaban J connectivity index is 0.000000423. The highest BCUT2D eigenvalue weighted by molar-refractivity contribution is 5.62. The van der Waals surface area contributed by atoms with Gasteiger partial charge in [0.1, 0.15) is 0 Å². The highest BCUT2D eigenvalue weighted by Crippen LogP contribution is 2.21. The predicted molar refractivity (Wildman–Crippen MR) is 63.1 cm³/mol. The van der Waals surface area contributed by atoms with E-state index < -0.39 is 5.97 Å². The zero-order chi connectivity index (χ0) is 11.7. The second-order valence-electron chi connectivity index (χ2n) is 3.44. The van der Waals surface area contributed by atoms with Crippen LogP contribution in [0.5, 0.6) is 0 Å². The van der Waals surface area contributed by atoms with E-state index in [1.54, 1.807) is 0 Å². The standard InChI is InChI=1S/C11H16.C2H4O2/c1-3-10(4-2)11-8-6-5-7-9-11;1-2(3)4/h5-10H,3-4H2,1-2H3;1H3,(H,3,4). The molecule has 84 valence electrons. The average Bonchev–Trinajstić information content (AvgIpc) is 2.20. The van der Waals surface area contributed by atoms with Crippen LogP contribution in [-0.4, -0.2) is 11.1 Å². The number of carboxylic acids is 1. The molecule has 0 fully saturated rings. The van der Waals surface area contributed by atoms with Gasteiger partial charge in [-0.15, -0.1) is 0 Å². The molecule has 0 heterocycles. The number of carbonyl (C=O) groups is 1. The first-order valence-electron chi connectivity index (χ1n) is 5.36. The monoisotopic (exact) mass is 208 g/mol. The highest BCUT2D eigenvalue weighted by atomic mass is 16.4. The van der Waals surface area contributed by atoms with Crippen molar-refractivity contribution in [2.75, 3.05) is 0 Å². The first-order valence-corrected chi connectivity index (χ1v) is 5.36. The molecule has 1 N–H and O–H groups in total. The SMILES string of the molecule is CC(=O)O.CCC(CC)c1ccccc1. The molecule has 0 saturated heterocycles. The molecule has 1 aromatic rings. The lowest BCUT2D eigenvalue weighted by molar-refractivity contribution is -0.134. The van der Waals surface area contributed by atoms with Crippen LogP contribution in [0.1, 0.15) is 45.1 Å². The summed E-state index contributed by atoms with van der Waals surface area (Å²) < 4.78 is 0. The third-order valence-electron chi connectivity index (χ3n) is 2.26. The molecule has 2 nitrogen and oxygen atoms in total. The molecule has 0 atom stereocenters. The van der Waals surface area contributed by atoms with E-state index in [1.807, 2.05) is 0 Å². The molecule has 2 heteroatoms. The van der Waals surface area contributed by atoms with E-state index in [4.69, 9.17) is 9.90 Å². The maximum absolute atomic E-state index is 9.00. The Hall–Kier alpha value is -1.31. The number of carboxylic acid groups (broad SMARTS) is 1. The van der Waals surface area contributed by atoms with E-state index in [0.29, 0.717) is 0 Å². The van der Waals surface area contributed by atoms with Gasteiger partial charge in [-0.2, -0.15) is 0 Å². The highest BCUT2D eigenvalue weighted by Gasteiger charge is 2.03. The van der Waals surface area contributed by atoms with Gasteiger partial charge in [0.25, 0.3) is 5.97 Å². The van der Waals surface area contributed by atoms with Crippen LogP contribution in [-0.2, 0) is 4.79 Å². The summed E-state index contributed by atoms with van der Waals surface area (Å²) >= 11 is 0. The molecule has 0 spiro atoms. The van der Waals surface area contributed by atoms with Crippen LogP contribution in [0.15, 0.2) is 30.3 Å². The molecule has 0 aliphatic rings. The summed E-state index contributed by atoms with van der Waals surface area (Å²) in [5.41, 5.74) is 1.48. The molecule has 0 saturated carbocycles. The van der Waals surface area contributed by atoms with Gasteiger partial charge < -0.3 is 5.11 Å². The fourth-order valence-electron chi connectivity index (χ4n) is 1.49. The minimum atomic E-state index is -0.833. The summed E-state index contributed by atoms with van der Waals surface area (Å²) in [6.07, 6.45) is 2.50. The smallest absolute Gasteiger partial charge is 0.300 e. The Morgan fingerprint density at radius 2 is 1.60 bits per heavy atom. The van der Waals surface area contributed by atoms with Gasteiger partial charge in [0.2, 0.25) is 0 Å². The zero-order valence-electron chi connectivity index (χ0n) is 9.73. The second-order valence-corrected chi connectivity index (χ2v) is 3.44. The maximum Gasteiger partial charge on any atom is 0.300 e. The van der Waals surface area contributed by atoms with Gasteiger partial charge in [-0.3, -0.25) is 4.79 Å². The predicted octanol–water partition coefficient (Wildman–Crippen LogP) is 3.68. The van der Waals surface area contributed by atoms with Crippen molar-refractivity contribution in [3.05, 3.63) is 35.9 Å². The Labute approximate surface area is 91.9 Å². The third-order valence-corrected chi connectivity index (χ3v) is 2.26. The number of benzene rings is 1. The normalized spacial score (nSPS) is 9.33. The molecule has 0 aliphatic heterocycles. The quantitative estimate of drug-likeness (QED) is 0.822. The van der Waals surface area contributed by atoms with Crippen LogP contribution in [0.4, 0.5) is 0 Å². The van der Waals surface area contributed by atoms with E-state index >= 15 is 0 Å². The Kier molecular flexibility index (Phi) is 7.33. The van der Waals surface area contributed by atoms with Crippen LogP contribution in [0.2, 0.25) is 0 Å². The summed E-state index contributed by atoms with van der Waals surface area (Å²) in [6.45, 7) is 5.59. The van der Waals surface area contributed by atoms with Crippen molar-refractivity contribution in [1.82, 2.24) is 0 Å². The molecule has 0 unspecified atom stereocenters. The lowest BCUT2D eigenvalue weighted by atomic mass is 9.94. The van der Waals surface area contributed by atoms with Gasteiger partial charge in [-0.1, -0.05) is 44.2 Å². The van der Waals surface area contributed by atoms with Crippen molar-refractivity contribution in [3.8, 4) is 0 Å². The van der Waals surface area contributed by atoms with Crippen molar-refractivity contribution < 1.29 is 9.90 Å². The minimum absolute atomic E-state index is 0.760. The van der Waals surface area contributed by atoms with Gasteiger partial charge in [-0.05, 0) is 24.3 Å². The molecule has 0 aliphatic carbocycles. The number of hydrogen-bond donors (Lipinski definition) is 1. The molecule has 0 bridgehead atoms. The van der Waals surface area contributed by atoms with Gasteiger partial charge in [0.15, 0.2) is 0 Å². The fraction of sp³-hybridized carbons (Fsp3) is 0.462. The van der Waals surface area contributed by atoms with E-state index in [2.05, 4.69) is 44.2 Å². The lowest BCUT2D eigenvalue weighted by Gasteiger charge is -2.11. The second kappa shape index (κ2) is 8.04. The first kappa shape index (κ1) is 13.7. The molecule has 0 amide bonds. The number of rotatable bonds is 3. The van der Waals surface area contributed by atoms with Crippen LogP contribution < -0.4 is 0 Å². The Morgan fingerprint density at radius 3 is 1.93 bits per heavy atom. The average molecular weight is 208 g/mol. The van der Waals surface area contributed by atoms with Crippen molar-refractivity contribution in [1.29, 1.82) is 0 Å². The van der Waals surface area contributed by atoms with Gasteiger partial charge in [0.05, 0.1) is 0 Å². The topological polar surface area (TPSA) is 37.3 Å². The van der Waals surface area contributed by atoms with Crippen LogP contribution in [0.3, 0.4) is 0 Å². The van der Waals surface area contributed by atoms with Crippen molar-refractivity contribution in [2.24, 2.45) is 0 Å². The number of hydrogen-bond acceptors (Lipinski definition) is 1. The molecule has 1 aromatic carbocycles. The van der Waals surface area contributed by atoms with Crippen LogP contribution in [0.25, 0.3) is 0 Å². The summed E-state index contributed by atoms with van der Waals surface area (Å²) in [4.78, 5) is 9.00. The Bertz CT molecular complexity index is 259. The minimum Gasteiger partial charge on any atom is -0.481 e.